The molecule has 0 bridgehead atoms. The Hall–Kier alpha value is -1.69. The summed E-state index contributed by atoms with van der Waals surface area (Å²) in [6.07, 6.45) is 3.36. The van der Waals surface area contributed by atoms with Crippen molar-refractivity contribution in [1.82, 2.24) is 15.5 Å². The Labute approximate surface area is 115 Å². The summed E-state index contributed by atoms with van der Waals surface area (Å²) in [6.45, 7) is 0.538. The summed E-state index contributed by atoms with van der Waals surface area (Å²) < 4.78 is 5.14. The molecule has 0 atom stereocenters. The van der Waals surface area contributed by atoms with Crippen LogP contribution in [0.25, 0.3) is 0 Å². The van der Waals surface area contributed by atoms with Gasteiger partial charge in [0, 0.05) is 23.8 Å². The van der Waals surface area contributed by atoms with E-state index in [-0.39, 0.29) is 5.91 Å². The van der Waals surface area contributed by atoms with E-state index < -0.39 is 0 Å². The third-order valence-electron chi connectivity index (χ3n) is 3.00. The van der Waals surface area contributed by atoms with Crippen LogP contribution in [0.15, 0.2) is 22.0 Å². The van der Waals surface area contributed by atoms with Crippen molar-refractivity contribution in [3.8, 4) is 0 Å². The molecule has 19 heavy (non-hydrogen) atoms. The van der Waals surface area contributed by atoms with Gasteiger partial charge < -0.3 is 9.84 Å². The molecule has 0 unspecified atom stereocenters. The molecule has 100 valence electrons. The fraction of sp³-hybridized carbons (Fsp3) is 0.462. The summed E-state index contributed by atoms with van der Waals surface area (Å²) in [5, 5.41) is 8.78. The maximum atomic E-state index is 11.7. The average Bonchev–Trinajstić information content (AvgIpc) is 2.92. The first-order valence-electron chi connectivity index (χ1n) is 6.43. The van der Waals surface area contributed by atoms with Crippen LogP contribution in [-0.4, -0.2) is 22.6 Å². The van der Waals surface area contributed by atoms with E-state index in [2.05, 4.69) is 15.5 Å². The van der Waals surface area contributed by atoms with Crippen LogP contribution in [0.2, 0.25) is 0 Å². The van der Waals surface area contributed by atoms with Crippen molar-refractivity contribution in [1.29, 1.82) is 0 Å². The zero-order valence-electron chi connectivity index (χ0n) is 10.5. The lowest BCUT2D eigenvalue weighted by atomic mass is 10.3. The highest BCUT2D eigenvalue weighted by Crippen LogP contribution is 2.38. The van der Waals surface area contributed by atoms with Crippen molar-refractivity contribution >= 4 is 17.2 Å². The predicted molar refractivity (Wildman–Crippen MR) is 71.0 cm³/mol. The lowest BCUT2D eigenvalue weighted by Crippen LogP contribution is -2.27. The van der Waals surface area contributed by atoms with E-state index in [0.717, 1.165) is 23.5 Å². The molecule has 1 amide bonds. The monoisotopic (exact) mass is 277 g/mol. The van der Waals surface area contributed by atoms with Crippen LogP contribution >= 0.6 is 11.3 Å². The summed E-state index contributed by atoms with van der Waals surface area (Å²) in [6, 6.07) is 3.91. The van der Waals surface area contributed by atoms with Gasteiger partial charge in [0.1, 0.15) is 0 Å². The third-order valence-corrected chi connectivity index (χ3v) is 3.88. The van der Waals surface area contributed by atoms with E-state index in [1.54, 1.807) is 11.3 Å². The van der Waals surface area contributed by atoms with Crippen LogP contribution in [0.3, 0.4) is 0 Å². The molecule has 2 heterocycles. The van der Waals surface area contributed by atoms with E-state index in [1.165, 1.54) is 0 Å². The number of hydrogen-bond donors (Lipinski definition) is 1. The second kappa shape index (κ2) is 5.52. The first-order valence-corrected chi connectivity index (χ1v) is 7.31. The molecule has 1 saturated carbocycles. The first kappa shape index (κ1) is 12.3. The molecular weight excluding hydrogens is 262 g/mol. The molecule has 2 aromatic heterocycles. The lowest BCUT2D eigenvalue weighted by Gasteiger charge is -2.01. The van der Waals surface area contributed by atoms with Gasteiger partial charge >= 0.3 is 0 Å². The van der Waals surface area contributed by atoms with Gasteiger partial charge in [-0.25, -0.2) is 0 Å². The molecule has 2 aromatic rings. The molecule has 0 aliphatic heterocycles. The van der Waals surface area contributed by atoms with Crippen molar-refractivity contribution in [2.45, 2.75) is 31.6 Å². The molecule has 1 fully saturated rings. The molecule has 1 N–H and O–H groups in total. The number of carbonyl (C=O) groups excluding carboxylic acids is 1. The zero-order chi connectivity index (χ0) is 13.1. The van der Waals surface area contributed by atoms with Crippen molar-refractivity contribution < 1.29 is 9.32 Å². The molecule has 0 saturated heterocycles. The van der Waals surface area contributed by atoms with Gasteiger partial charge in [-0.3, -0.25) is 4.79 Å². The van der Waals surface area contributed by atoms with Gasteiger partial charge in [-0.15, -0.1) is 11.3 Å². The number of aromatic nitrogens is 2. The Morgan fingerprint density at radius 2 is 2.42 bits per heavy atom. The van der Waals surface area contributed by atoms with E-state index in [1.807, 2.05) is 17.5 Å². The number of nitrogens with one attached hydrogen (secondary N) is 1. The Morgan fingerprint density at radius 3 is 3.16 bits per heavy atom. The van der Waals surface area contributed by atoms with Crippen LogP contribution < -0.4 is 5.32 Å². The van der Waals surface area contributed by atoms with E-state index in [0.29, 0.717) is 31.2 Å². The Morgan fingerprint density at radius 1 is 1.53 bits per heavy atom. The summed E-state index contributed by atoms with van der Waals surface area (Å²) in [5.74, 6) is 1.97. The third kappa shape index (κ3) is 3.41. The van der Waals surface area contributed by atoms with Gasteiger partial charge in [0.05, 0.1) is 6.42 Å². The van der Waals surface area contributed by atoms with Crippen molar-refractivity contribution in [2.75, 3.05) is 6.54 Å². The summed E-state index contributed by atoms with van der Waals surface area (Å²) >= 11 is 1.59. The summed E-state index contributed by atoms with van der Waals surface area (Å²) in [5.41, 5.74) is 0. The predicted octanol–water partition coefficient (Wildman–Crippen LogP) is 1.91. The number of rotatable bonds is 6. The molecule has 1 aliphatic rings. The molecule has 0 radical (unpaired) electrons. The number of amides is 1. The van der Waals surface area contributed by atoms with Gasteiger partial charge in [0.15, 0.2) is 5.82 Å². The second-order valence-corrected chi connectivity index (χ2v) is 5.71. The molecule has 0 aromatic carbocycles. The van der Waals surface area contributed by atoms with Crippen LogP contribution in [0, 0.1) is 0 Å². The van der Waals surface area contributed by atoms with Gasteiger partial charge in [0.25, 0.3) is 0 Å². The van der Waals surface area contributed by atoms with E-state index in [9.17, 15) is 4.79 Å². The van der Waals surface area contributed by atoms with Gasteiger partial charge in [0.2, 0.25) is 11.8 Å². The average molecular weight is 277 g/mol. The normalized spacial score (nSPS) is 14.5. The lowest BCUT2D eigenvalue weighted by molar-refractivity contribution is -0.120. The largest absolute Gasteiger partial charge is 0.355 e. The first-order chi connectivity index (χ1) is 9.31. The minimum Gasteiger partial charge on any atom is -0.355 e. The zero-order valence-corrected chi connectivity index (χ0v) is 11.3. The van der Waals surface area contributed by atoms with Crippen molar-refractivity contribution in [2.24, 2.45) is 0 Å². The number of thiophene rings is 1. The molecule has 1 aliphatic carbocycles. The second-order valence-electron chi connectivity index (χ2n) is 4.68. The molecule has 0 spiro atoms. The van der Waals surface area contributed by atoms with Gasteiger partial charge in [-0.05, 0) is 24.3 Å². The SMILES string of the molecule is O=C(Cc1cccs1)NCCc1nc(C2CC2)no1. The number of nitrogens with zero attached hydrogens (tertiary/aromatic N) is 2. The smallest absolute Gasteiger partial charge is 0.228 e. The summed E-state index contributed by atoms with van der Waals surface area (Å²) in [7, 11) is 0. The van der Waals surface area contributed by atoms with Gasteiger partial charge in [-0.1, -0.05) is 11.2 Å². The topological polar surface area (TPSA) is 68.0 Å². The van der Waals surface area contributed by atoms with Crippen LogP contribution in [0.5, 0.6) is 0 Å². The van der Waals surface area contributed by atoms with Gasteiger partial charge in [-0.2, -0.15) is 4.98 Å². The van der Waals surface area contributed by atoms with E-state index in [4.69, 9.17) is 4.52 Å². The number of hydrogen-bond acceptors (Lipinski definition) is 5. The highest BCUT2D eigenvalue weighted by molar-refractivity contribution is 7.10. The maximum absolute atomic E-state index is 11.7. The van der Waals surface area contributed by atoms with Crippen LogP contribution in [-0.2, 0) is 17.6 Å². The van der Waals surface area contributed by atoms with Crippen molar-refractivity contribution in [3.05, 3.63) is 34.1 Å². The fourth-order valence-electron chi connectivity index (χ4n) is 1.82. The molecule has 3 rings (SSSR count). The Balaban J connectivity index is 1.40. The van der Waals surface area contributed by atoms with E-state index >= 15 is 0 Å². The Bertz CT molecular complexity index is 546. The molecule has 5 nitrogen and oxygen atoms in total. The van der Waals surface area contributed by atoms with Crippen molar-refractivity contribution in [3.63, 3.8) is 0 Å². The van der Waals surface area contributed by atoms with Crippen LogP contribution in [0.4, 0.5) is 0 Å². The van der Waals surface area contributed by atoms with Crippen LogP contribution in [0.1, 0.15) is 35.4 Å². The highest BCUT2D eigenvalue weighted by Gasteiger charge is 2.28. The molecular formula is C13H15N3O2S. The minimum atomic E-state index is 0.0318. The standard InChI is InChI=1S/C13H15N3O2S/c17-11(8-10-2-1-7-19-10)14-6-5-12-15-13(16-18-12)9-3-4-9/h1-2,7,9H,3-6,8H2,(H,14,17). The maximum Gasteiger partial charge on any atom is 0.228 e. The number of carbonyl (C=O) groups is 1. The Kier molecular flexibility index (Phi) is 3.59. The quantitative estimate of drug-likeness (QED) is 0.875. The fourth-order valence-corrected chi connectivity index (χ4v) is 2.52. The summed E-state index contributed by atoms with van der Waals surface area (Å²) in [4.78, 5) is 17.0. The minimum absolute atomic E-state index is 0.0318. The highest BCUT2D eigenvalue weighted by atomic mass is 32.1. The molecule has 6 heteroatoms.